The van der Waals surface area contributed by atoms with E-state index in [9.17, 15) is 0 Å². The number of aromatic nitrogens is 4. The molecule has 1 aromatic carbocycles. The lowest BCUT2D eigenvalue weighted by molar-refractivity contribution is 0.345. The summed E-state index contributed by atoms with van der Waals surface area (Å²) in [5.74, 6) is 1.38. The van der Waals surface area contributed by atoms with Crippen LogP contribution in [0.3, 0.4) is 0 Å². The molecule has 7 nitrogen and oxygen atoms in total. The van der Waals surface area contributed by atoms with Crippen molar-refractivity contribution >= 4 is 10.8 Å². The van der Waals surface area contributed by atoms with E-state index in [4.69, 9.17) is 9.47 Å². The first-order chi connectivity index (χ1) is 12.3. The second-order valence-corrected chi connectivity index (χ2v) is 6.29. The van der Waals surface area contributed by atoms with Gasteiger partial charge in [0.1, 0.15) is 0 Å². The zero-order chi connectivity index (χ0) is 17.3. The second kappa shape index (κ2) is 6.33. The summed E-state index contributed by atoms with van der Waals surface area (Å²) < 4.78 is 10.9. The minimum Gasteiger partial charge on any atom is -0.493 e. The van der Waals surface area contributed by atoms with E-state index in [1.807, 2.05) is 18.2 Å². The molecule has 3 aromatic rings. The van der Waals surface area contributed by atoms with Crippen molar-refractivity contribution in [3.8, 4) is 11.5 Å². The Balaban J connectivity index is 1.98. The summed E-state index contributed by atoms with van der Waals surface area (Å²) >= 11 is 0. The van der Waals surface area contributed by atoms with Crippen LogP contribution in [0.1, 0.15) is 24.2 Å². The molecule has 0 atom stereocenters. The Morgan fingerprint density at radius 2 is 1.84 bits per heavy atom. The average Bonchev–Trinajstić information content (AvgIpc) is 3.22. The van der Waals surface area contributed by atoms with Gasteiger partial charge in [-0.05, 0) is 44.1 Å². The summed E-state index contributed by atoms with van der Waals surface area (Å²) in [6.45, 7) is 1.84. The molecule has 1 aliphatic heterocycles. The summed E-state index contributed by atoms with van der Waals surface area (Å²) in [4.78, 5) is 0. The molecule has 0 saturated carbocycles. The Morgan fingerprint density at radius 1 is 1.08 bits per heavy atom. The van der Waals surface area contributed by atoms with Crippen molar-refractivity contribution in [2.45, 2.75) is 18.3 Å². The van der Waals surface area contributed by atoms with Gasteiger partial charge >= 0.3 is 0 Å². The molecule has 0 spiro atoms. The van der Waals surface area contributed by atoms with Gasteiger partial charge in [-0.2, -0.15) is 15.3 Å². The zero-order valence-corrected chi connectivity index (χ0v) is 14.4. The van der Waals surface area contributed by atoms with Gasteiger partial charge in [0.05, 0.1) is 31.5 Å². The van der Waals surface area contributed by atoms with Crippen molar-refractivity contribution in [1.82, 2.24) is 25.7 Å². The highest BCUT2D eigenvalue weighted by molar-refractivity contribution is 5.88. The van der Waals surface area contributed by atoms with Crippen molar-refractivity contribution in [3.63, 3.8) is 0 Å². The summed E-state index contributed by atoms with van der Waals surface area (Å²) in [5, 5.41) is 21.6. The molecular formula is C18H21N5O2. The molecule has 7 heteroatoms. The van der Waals surface area contributed by atoms with E-state index < -0.39 is 0 Å². The van der Waals surface area contributed by atoms with Crippen molar-refractivity contribution < 1.29 is 9.47 Å². The monoisotopic (exact) mass is 339 g/mol. The highest BCUT2D eigenvalue weighted by atomic mass is 16.5. The highest BCUT2D eigenvalue weighted by Gasteiger charge is 2.40. The van der Waals surface area contributed by atoms with Gasteiger partial charge in [-0.3, -0.25) is 5.10 Å². The van der Waals surface area contributed by atoms with Gasteiger partial charge in [0.2, 0.25) is 0 Å². The fraction of sp³-hybridized carbons (Fsp3) is 0.389. The standard InChI is InChI=1S/C18H21N5O2/c1-24-14-9-12-11-21-23-17(13(12)10-15(14)25-2)18(4-7-19-8-5-18)16-3-6-20-22-16/h3,6,9-11,19H,4-5,7-8H2,1-2H3,(H,20,22). The Bertz CT molecular complexity index is 873. The van der Waals surface area contributed by atoms with E-state index in [-0.39, 0.29) is 5.41 Å². The number of hydrogen-bond donors (Lipinski definition) is 2. The van der Waals surface area contributed by atoms with Crippen molar-refractivity contribution in [1.29, 1.82) is 0 Å². The lowest BCUT2D eigenvalue weighted by Gasteiger charge is -2.36. The minimum atomic E-state index is -0.242. The van der Waals surface area contributed by atoms with Gasteiger partial charge in [-0.15, -0.1) is 0 Å². The Hall–Kier alpha value is -2.67. The number of methoxy groups -OCH3 is 2. The molecule has 0 unspecified atom stereocenters. The number of hydrogen-bond acceptors (Lipinski definition) is 6. The third-order valence-corrected chi connectivity index (χ3v) is 5.09. The van der Waals surface area contributed by atoms with E-state index >= 15 is 0 Å². The molecule has 1 aliphatic rings. The van der Waals surface area contributed by atoms with Crippen LogP contribution in [0.4, 0.5) is 0 Å². The van der Waals surface area contributed by atoms with Gasteiger partial charge in [0, 0.05) is 22.7 Å². The van der Waals surface area contributed by atoms with Crippen LogP contribution in [-0.2, 0) is 5.41 Å². The fourth-order valence-electron chi connectivity index (χ4n) is 3.77. The number of aromatic amines is 1. The van der Waals surface area contributed by atoms with E-state index in [1.165, 1.54) is 0 Å². The van der Waals surface area contributed by atoms with Crippen LogP contribution in [0, 0.1) is 0 Å². The van der Waals surface area contributed by atoms with Gasteiger partial charge in [0.15, 0.2) is 11.5 Å². The topological polar surface area (TPSA) is 85.0 Å². The smallest absolute Gasteiger partial charge is 0.161 e. The van der Waals surface area contributed by atoms with E-state index in [0.29, 0.717) is 11.5 Å². The van der Waals surface area contributed by atoms with Gasteiger partial charge in [0.25, 0.3) is 0 Å². The third kappa shape index (κ3) is 2.51. The number of rotatable bonds is 4. The summed E-state index contributed by atoms with van der Waals surface area (Å²) in [6.07, 6.45) is 5.42. The zero-order valence-electron chi connectivity index (χ0n) is 14.4. The minimum absolute atomic E-state index is 0.242. The number of H-pyrrole nitrogens is 1. The molecule has 4 rings (SSSR count). The van der Waals surface area contributed by atoms with Crippen LogP contribution in [0.5, 0.6) is 11.5 Å². The predicted molar refractivity (Wildman–Crippen MR) is 94.1 cm³/mol. The molecule has 0 bridgehead atoms. The number of nitrogens with one attached hydrogen (secondary N) is 2. The molecule has 3 heterocycles. The molecule has 1 fully saturated rings. The first-order valence-corrected chi connectivity index (χ1v) is 8.37. The SMILES string of the molecule is COc1cc2cnnc(C3(c4ccn[nH]4)CCNCC3)c2cc1OC. The molecule has 1 saturated heterocycles. The molecule has 0 aliphatic carbocycles. The molecule has 2 aromatic heterocycles. The first-order valence-electron chi connectivity index (χ1n) is 8.37. The van der Waals surface area contributed by atoms with Gasteiger partial charge < -0.3 is 14.8 Å². The Kier molecular flexibility index (Phi) is 4.01. The molecule has 2 N–H and O–H groups in total. The normalized spacial score (nSPS) is 16.7. The lowest BCUT2D eigenvalue weighted by atomic mass is 9.72. The second-order valence-electron chi connectivity index (χ2n) is 6.29. The summed E-state index contributed by atoms with van der Waals surface area (Å²) in [7, 11) is 3.28. The van der Waals surface area contributed by atoms with Crippen LogP contribution in [0.25, 0.3) is 10.8 Å². The molecule has 130 valence electrons. The predicted octanol–water partition coefficient (Wildman–Crippen LogP) is 2.04. The number of ether oxygens (including phenoxy) is 2. The molecule has 0 amide bonds. The molecule has 0 radical (unpaired) electrons. The average molecular weight is 339 g/mol. The van der Waals surface area contributed by atoms with Crippen LogP contribution in [0.2, 0.25) is 0 Å². The quantitative estimate of drug-likeness (QED) is 0.757. The number of nitrogens with zero attached hydrogens (tertiary/aromatic N) is 3. The maximum Gasteiger partial charge on any atom is 0.161 e. The maximum absolute atomic E-state index is 5.50. The van der Waals surface area contributed by atoms with Crippen LogP contribution in [0.15, 0.2) is 30.6 Å². The van der Waals surface area contributed by atoms with E-state index in [2.05, 4.69) is 25.7 Å². The van der Waals surface area contributed by atoms with Crippen LogP contribution >= 0.6 is 0 Å². The number of fused-ring (bicyclic) bond motifs is 1. The van der Waals surface area contributed by atoms with Crippen molar-refractivity contribution in [3.05, 3.63) is 42.0 Å². The largest absolute Gasteiger partial charge is 0.493 e. The van der Waals surface area contributed by atoms with Crippen molar-refractivity contribution in [2.75, 3.05) is 27.3 Å². The van der Waals surface area contributed by atoms with E-state index in [1.54, 1.807) is 26.6 Å². The third-order valence-electron chi connectivity index (χ3n) is 5.09. The van der Waals surface area contributed by atoms with Gasteiger partial charge in [-0.1, -0.05) is 0 Å². The number of benzene rings is 1. The van der Waals surface area contributed by atoms with Crippen LogP contribution in [-0.4, -0.2) is 47.7 Å². The summed E-state index contributed by atoms with van der Waals surface area (Å²) in [5.41, 5.74) is 1.79. The Labute approximate surface area is 145 Å². The Morgan fingerprint density at radius 3 is 2.52 bits per heavy atom. The first kappa shape index (κ1) is 15.8. The van der Waals surface area contributed by atoms with E-state index in [0.717, 1.165) is 48.1 Å². The van der Waals surface area contributed by atoms with Crippen LogP contribution < -0.4 is 14.8 Å². The summed E-state index contributed by atoms with van der Waals surface area (Å²) in [6, 6.07) is 5.99. The molecular weight excluding hydrogens is 318 g/mol. The maximum atomic E-state index is 5.50. The van der Waals surface area contributed by atoms with Crippen molar-refractivity contribution in [2.24, 2.45) is 0 Å². The molecule has 25 heavy (non-hydrogen) atoms. The number of piperidine rings is 1. The fourth-order valence-corrected chi connectivity index (χ4v) is 3.77. The van der Waals surface area contributed by atoms with Gasteiger partial charge in [-0.25, -0.2) is 0 Å². The highest BCUT2D eigenvalue weighted by Crippen LogP contribution is 2.42. The lowest BCUT2D eigenvalue weighted by Crippen LogP contribution is -2.42.